The van der Waals surface area contributed by atoms with Crippen molar-refractivity contribution in [2.24, 2.45) is 5.41 Å². The van der Waals surface area contributed by atoms with Crippen LogP contribution in [0.25, 0.3) is 0 Å². The number of hydrogen-bond acceptors (Lipinski definition) is 2. The Morgan fingerprint density at radius 3 is 1.64 bits per heavy atom. The van der Waals surface area contributed by atoms with Crippen molar-refractivity contribution in [3.63, 3.8) is 0 Å². The Morgan fingerprint density at radius 2 is 1.43 bits per heavy atom. The molecule has 3 heteroatoms. The SMILES string of the molecule is CCCCC(CC)(CO)CO.[CH3-].[CH3-].[Ti+2]. The molecule has 0 radical (unpaired) electrons. The van der Waals surface area contributed by atoms with Gasteiger partial charge in [-0.15, -0.1) is 0 Å². The van der Waals surface area contributed by atoms with Gasteiger partial charge in [0.2, 0.25) is 0 Å². The van der Waals surface area contributed by atoms with Crippen molar-refractivity contribution < 1.29 is 31.9 Å². The van der Waals surface area contributed by atoms with Crippen LogP contribution in [0, 0.1) is 20.3 Å². The quantitative estimate of drug-likeness (QED) is 0.551. The van der Waals surface area contributed by atoms with E-state index in [2.05, 4.69) is 6.92 Å². The Kier molecular flexibility index (Phi) is 23.4. The van der Waals surface area contributed by atoms with Crippen molar-refractivity contribution in [3.8, 4) is 0 Å². The summed E-state index contributed by atoms with van der Waals surface area (Å²) in [7, 11) is 0. The van der Waals surface area contributed by atoms with Gasteiger partial charge in [-0.2, -0.15) is 0 Å². The molecule has 0 saturated carbocycles. The van der Waals surface area contributed by atoms with Gasteiger partial charge in [0.1, 0.15) is 0 Å². The maximum absolute atomic E-state index is 9.04. The first-order chi connectivity index (χ1) is 5.24. The Morgan fingerprint density at radius 1 is 1.00 bits per heavy atom. The molecule has 0 aliphatic carbocycles. The third-order valence-corrected chi connectivity index (χ3v) is 2.48. The molecule has 0 fully saturated rings. The summed E-state index contributed by atoms with van der Waals surface area (Å²) in [5.41, 5.74) is -0.212. The van der Waals surface area contributed by atoms with Gasteiger partial charge in [0.25, 0.3) is 0 Å². The summed E-state index contributed by atoms with van der Waals surface area (Å²) >= 11 is 0. The molecule has 0 atom stereocenters. The van der Waals surface area contributed by atoms with E-state index in [1.807, 2.05) is 6.92 Å². The van der Waals surface area contributed by atoms with E-state index in [9.17, 15) is 0 Å². The van der Waals surface area contributed by atoms with Gasteiger partial charge in [-0.25, -0.2) is 0 Å². The van der Waals surface area contributed by atoms with E-state index in [1.165, 1.54) is 0 Å². The molecule has 0 heterocycles. The molecule has 0 saturated heterocycles. The van der Waals surface area contributed by atoms with Crippen LogP contribution in [0.3, 0.4) is 0 Å². The van der Waals surface area contributed by atoms with Crippen molar-refractivity contribution in [2.75, 3.05) is 13.2 Å². The number of unbranched alkanes of at least 4 members (excludes halogenated alkanes) is 1. The molecule has 0 bridgehead atoms. The maximum atomic E-state index is 9.04. The molecule has 0 aromatic heterocycles. The first-order valence-electron chi connectivity index (χ1n) is 4.46. The Balaban J connectivity index is -0.000000167. The van der Waals surface area contributed by atoms with Crippen LogP contribution in [-0.4, -0.2) is 23.4 Å². The van der Waals surface area contributed by atoms with Crippen molar-refractivity contribution in [1.82, 2.24) is 0 Å². The van der Waals surface area contributed by atoms with Gasteiger partial charge in [-0.1, -0.05) is 26.7 Å². The minimum atomic E-state index is -0.212. The van der Waals surface area contributed by atoms with Gasteiger partial charge in [0, 0.05) is 5.41 Å². The average molecular weight is 238 g/mol. The van der Waals surface area contributed by atoms with Gasteiger partial charge < -0.3 is 25.1 Å². The molecule has 0 amide bonds. The molecule has 0 rings (SSSR count). The van der Waals surface area contributed by atoms with E-state index in [0.717, 1.165) is 25.7 Å². The van der Waals surface area contributed by atoms with E-state index in [-0.39, 0.29) is 55.2 Å². The fourth-order valence-electron chi connectivity index (χ4n) is 1.16. The number of hydrogen-bond donors (Lipinski definition) is 2. The van der Waals surface area contributed by atoms with Gasteiger partial charge in [0.15, 0.2) is 0 Å². The van der Waals surface area contributed by atoms with Crippen molar-refractivity contribution in [2.45, 2.75) is 39.5 Å². The zero-order valence-electron chi connectivity index (χ0n) is 10.1. The molecule has 0 aliphatic heterocycles. The van der Waals surface area contributed by atoms with E-state index < -0.39 is 0 Å². The fourth-order valence-corrected chi connectivity index (χ4v) is 1.16. The first-order valence-corrected chi connectivity index (χ1v) is 4.46. The first kappa shape index (κ1) is 24.1. The smallest absolute Gasteiger partial charge is 0.396 e. The van der Waals surface area contributed by atoms with Gasteiger partial charge in [-0.05, 0) is 12.8 Å². The van der Waals surface area contributed by atoms with Gasteiger partial charge >= 0.3 is 21.7 Å². The van der Waals surface area contributed by atoms with Crippen LogP contribution in [0.1, 0.15) is 39.5 Å². The van der Waals surface area contributed by atoms with Gasteiger partial charge in [0.05, 0.1) is 13.2 Å². The molecule has 86 valence electrons. The molecule has 0 aromatic carbocycles. The monoisotopic (exact) mass is 238 g/mol. The molecule has 0 aliphatic rings. The largest absolute Gasteiger partial charge is 2.00 e. The van der Waals surface area contributed by atoms with Crippen LogP contribution in [0.5, 0.6) is 0 Å². The van der Waals surface area contributed by atoms with E-state index in [4.69, 9.17) is 10.2 Å². The third-order valence-electron chi connectivity index (χ3n) is 2.48. The van der Waals surface area contributed by atoms with Crippen molar-refractivity contribution in [3.05, 3.63) is 14.9 Å². The summed E-state index contributed by atoms with van der Waals surface area (Å²) in [5, 5.41) is 18.1. The summed E-state index contributed by atoms with van der Waals surface area (Å²) in [5.74, 6) is 0. The van der Waals surface area contributed by atoms with Crippen LogP contribution in [0.2, 0.25) is 0 Å². The van der Waals surface area contributed by atoms with Crippen LogP contribution in [0.15, 0.2) is 0 Å². The van der Waals surface area contributed by atoms with E-state index >= 15 is 0 Å². The number of aliphatic hydroxyl groups is 2. The second-order valence-electron chi connectivity index (χ2n) is 3.27. The molecule has 14 heavy (non-hydrogen) atoms. The minimum Gasteiger partial charge on any atom is -0.396 e. The topological polar surface area (TPSA) is 40.5 Å². The molecular formula is C11H26O2Ti. The Hall–Kier alpha value is 0.634. The van der Waals surface area contributed by atoms with Crippen molar-refractivity contribution >= 4 is 0 Å². The van der Waals surface area contributed by atoms with Crippen LogP contribution in [0.4, 0.5) is 0 Å². The van der Waals surface area contributed by atoms with Crippen LogP contribution >= 0.6 is 0 Å². The standard InChI is InChI=1S/C9H20O2.2CH3.Ti/c1-3-5-6-9(4-2,7-10)8-11;;;/h10-11H,3-8H2,1-2H3;2*1H3;/q;2*-1;+2. The molecule has 0 unspecified atom stereocenters. The number of rotatable bonds is 6. The molecule has 2 nitrogen and oxygen atoms in total. The molecule has 0 spiro atoms. The van der Waals surface area contributed by atoms with Crippen LogP contribution in [-0.2, 0) is 21.7 Å². The summed E-state index contributed by atoms with van der Waals surface area (Å²) in [6, 6.07) is 0. The third kappa shape index (κ3) is 7.99. The fraction of sp³-hybridized carbons (Fsp3) is 0.818. The zero-order chi connectivity index (χ0) is 8.74. The van der Waals surface area contributed by atoms with Gasteiger partial charge in [-0.3, -0.25) is 0 Å². The summed E-state index contributed by atoms with van der Waals surface area (Å²) in [6.45, 7) is 4.36. The normalized spacial score (nSPS) is 9.43. The average Bonchev–Trinajstić information content (AvgIpc) is 2.08. The Bertz CT molecular complexity index is 85.0. The summed E-state index contributed by atoms with van der Waals surface area (Å²) in [6.07, 6.45) is 4.02. The molecular weight excluding hydrogens is 212 g/mol. The van der Waals surface area contributed by atoms with E-state index in [1.54, 1.807) is 0 Å². The zero-order valence-corrected chi connectivity index (χ0v) is 11.7. The minimum absolute atomic E-state index is 0. The predicted molar refractivity (Wildman–Crippen MR) is 59.2 cm³/mol. The van der Waals surface area contributed by atoms with Crippen molar-refractivity contribution in [1.29, 1.82) is 0 Å². The summed E-state index contributed by atoms with van der Waals surface area (Å²) < 4.78 is 0. The predicted octanol–water partition coefficient (Wildman–Crippen LogP) is 2.46. The Labute approximate surface area is 105 Å². The second kappa shape index (κ2) is 13.6. The van der Waals surface area contributed by atoms with Crippen LogP contribution < -0.4 is 0 Å². The van der Waals surface area contributed by atoms with E-state index in [0.29, 0.717) is 0 Å². The second-order valence-corrected chi connectivity index (χ2v) is 3.27. The summed E-state index contributed by atoms with van der Waals surface area (Å²) in [4.78, 5) is 0. The molecule has 2 N–H and O–H groups in total. The maximum Gasteiger partial charge on any atom is 2.00 e. The molecule has 0 aromatic rings. The number of aliphatic hydroxyl groups excluding tert-OH is 2.